The summed E-state index contributed by atoms with van der Waals surface area (Å²) in [7, 11) is 1.61. The molecule has 0 saturated heterocycles. The SMILES string of the molecule is Cn1cc(C(=O)c2cc(Br)c(Br)s2)cc1C(=O)C(Cl)(Cl)Cl. The molecule has 2 aromatic heterocycles. The van der Waals surface area contributed by atoms with Gasteiger partial charge >= 0.3 is 0 Å². The number of alkyl halides is 3. The predicted octanol–water partition coefficient (Wildman–Crippen LogP) is 5.40. The molecule has 0 aliphatic heterocycles. The number of thiophene rings is 1. The van der Waals surface area contributed by atoms with E-state index in [0.717, 1.165) is 8.26 Å². The van der Waals surface area contributed by atoms with Crippen molar-refractivity contribution in [2.24, 2.45) is 7.05 Å². The van der Waals surface area contributed by atoms with Crippen molar-refractivity contribution in [1.29, 1.82) is 0 Å². The highest BCUT2D eigenvalue weighted by Crippen LogP contribution is 2.34. The summed E-state index contributed by atoms with van der Waals surface area (Å²) in [6.07, 6.45) is 1.54. The zero-order valence-electron chi connectivity index (χ0n) is 10.3. The Morgan fingerprint density at radius 1 is 1.24 bits per heavy atom. The Labute approximate surface area is 156 Å². The van der Waals surface area contributed by atoms with Crippen molar-refractivity contribution in [2.75, 3.05) is 0 Å². The molecule has 0 fully saturated rings. The maximum absolute atomic E-state index is 12.4. The van der Waals surface area contributed by atoms with Crippen LogP contribution in [0.4, 0.5) is 0 Å². The van der Waals surface area contributed by atoms with Crippen LogP contribution in [0.2, 0.25) is 0 Å². The molecule has 9 heteroatoms. The highest BCUT2D eigenvalue weighted by Gasteiger charge is 2.34. The van der Waals surface area contributed by atoms with Gasteiger partial charge in [-0.1, -0.05) is 34.8 Å². The van der Waals surface area contributed by atoms with E-state index in [0.29, 0.717) is 10.4 Å². The first-order chi connectivity index (χ1) is 9.61. The van der Waals surface area contributed by atoms with Crippen LogP contribution in [-0.2, 0) is 7.05 Å². The fourth-order valence-corrected chi connectivity index (χ4v) is 3.95. The first-order valence-corrected chi connectivity index (χ1v) is 8.92. The zero-order chi connectivity index (χ0) is 15.9. The maximum atomic E-state index is 12.4. The Balaban J connectivity index is 2.39. The van der Waals surface area contributed by atoms with Crippen molar-refractivity contribution in [3.05, 3.63) is 42.7 Å². The molecule has 0 N–H and O–H groups in total. The molecular formula is C12H6Br2Cl3NO2S. The van der Waals surface area contributed by atoms with Crippen LogP contribution < -0.4 is 0 Å². The summed E-state index contributed by atoms with van der Waals surface area (Å²) in [5.41, 5.74) is 0.518. The van der Waals surface area contributed by atoms with E-state index in [1.807, 2.05) is 0 Å². The van der Waals surface area contributed by atoms with Gasteiger partial charge in [0.2, 0.25) is 11.6 Å². The minimum absolute atomic E-state index is 0.160. The number of ketones is 2. The third-order valence-electron chi connectivity index (χ3n) is 2.63. The molecule has 0 aromatic carbocycles. The summed E-state index contributed by atoms with van der Waals surface area (Å²) in [5, 5.41) is 0. The van der Waals surface area contributed by atoms with Crippen molar-refractivity contribution in [3.63, 3.8) is 0 Å². The van der Waals surface area contributed by atoms with Gasteiger partial charge in [0, 0.05) is 23.3 Å². The number of halogens is 5. The Kier molecular flexibility index (Phi) is 5.28. The Morgan fingerprint density at radius 2 is 1.86 bits per heavy atom. The van der Waals surface area contributed by atoms with Crippen LogP contribution in [0.15, 0.2) is 26.6 Å². The first kappa shape index (κ1) is 17.5. The quantitative estimate of drug-likeness (QED) is 0.424. The summed E-state index contributed by atoms with van der Waals surface area (Å²) in [5.74, 6) is -0.882. The van der Waals surface area contributed by atoms with Crippen molar-refractivity contribution < 1.29 is 9.59 Å². The molecule has 0 atom stereocenters. The van der Waals surface area contributed by atoms with E-state index in [-0.39, 0.29) is 11.5 Å². The second-order valence-corrected chi connectivity index (χ2v) is 9.62. The smallest absolute Gasteiger partial charge is 0.255 e. The molecular weight excluding hydrogens is 488 g/mol. The fraction of sp³-hybridized carbons (Fsp3) is 0.167. The van der Waals surface area contributed by atoms with Gasteiger partial charge in [-0.05, 0) is 44.0 Å². The molecule has 3 nitrogen and oxygen atoms in total. The molecule has 0 unspecified atom stereocenters. The summed E-state index contributed by atoms with van der Waals surface area (Å²) in [6, 6.07) is 3.13. The Morgan fingerprint density at radius 3 is 2.33 bits per heavy atom. The lowest BCUT2D eigenvalue weighted by molar-refractivity contribution is 0.0988. The van der Waals surface area contributed by atoms with E-state index in [1.54, 1.807) is 13.1 Å². The van der Waals surface area contributed by atoms with E-state index in [1.165, 1.54) is 28.2 Å². The standard InChI is InChI=1S/C12H6Br2Cl3NO2S/c1-18-4-5(2-7(18)10(20)12(15,16)17)9(19)8-3-6(13)11(14)21-8/h2-4H,1H3. The Hall–Kier alpha value is 0.150. The summed E-state index contributed by atoms with van der Waals surface area (Å²) in [4.78, 5) is 24.9. The van der Waals surface area contributed by atoms with E-state index in [9.17, 15) is 9.59 Å². The second-order valence-electron chi connectivity index (χ2n) is 4.11. The normalized spacial score (nSPS) is 11.7. The maximum Gasteiger partial charge on any atom is 0.255 e. The fourth-order valence-electron chi connectivity index (χ4n) is 1.66. The van der Waals surface area contributed by atoms with Gasteiger partial charge in [-0.2, -0.15) is 0 Å². The van der Waals surface area contributed by atoms with Gasteiger partial charge in [-0.3, -0.25) is 9.59 Å². The van der Waals surface area contributed by atoms with E-state index in [2.05, 4.69) is 31.9 Å². The largest absolute Gasteiger partial charge is 0.347 e. The number of aromatic nitrogens is 1. The van der Waals surface area contributed by atoms with Crippen LogP contribution in [0, 0.1) is 0 Å². The van der Waals surface area contributed by atoms with Gasteiger partial charge < -0.3 is 4.57 Å². The minimum Gasteiger partial charge on any atom is -0.347 e. The lowest BCUT2D eigenvalue weighted by Crippen LogP contribution is -2.21. The molecule has 112 valence electrons. The number of carbonyl (C=O) groups is 2. The molecule has 0 saturated carbocycles. The molecule has 2 rings (SSSR count). The summed E-state index contributed by atoms with van der Waals surface area (Å²) in [6.45, 7) is 0. The lowest BCUT2D eigenvalue weighted by atomic mass is 10.1. The molecule has 21 heavy (non-hydrogen) atoms. The monoisotopic (exact) mass is 491 g/mol. The van der Waals surface area contributed by atoms with Gasteiger partial charge in [0.05, 0.1) is 14.4 Å². The Bertz CT molecular complexity index is 714. The summed E-state index contributed by atoms with van der Waals surface area (Å²) < 4.78 is 1.03. The number of nitrogens with zero attached hydrogens (tertiary/aromatic N) is 1. The predicted molar refractivity (Wildman–Crippen MR) is 93.2 cm³/mol. The van der Waals surface area contributed by atoms with Gasteiger partial charge in [0.1, 0.15) is 0 Å². The molecule has 2 aromatic rings. The number of rotatable bonds is 3. The van der Waals surface area contributed by atoms with Crippen LogP contribution in [-0.4, -0.2) is 19.9 Å². The number of aryl methyl sites for hydroxylation is 1. The first-order valence-electron chi connectivity index (χ1n) is 5.38. The lowest BCUT2D eigenvalue weighted by Gasteiger charge is -2.09. The average Bonchev–Trinajstić information content (AvgIpc) is 2.91. The topological polar surface area (TPSA) is 39.1 Å². The third-order valence-corrected chi connectivity index (χ3v) is 6.40. The third kappa shape index (κ3) is 3.74. The van der Waals surface area contributed by atoms with Crippen LogP contribution in [0.25, 0.3) is 0 Å². The van der Waals surface area contributed by atoms with Crippen LogP contribution in [0.3, 0.4) is 0 Å². The zero-order valence-corrected chi connectivity index (χ0v) is 16.6. The molecule has 0 bridgehead atoms. The van der Waals surface area contributed by atoms with Crippen molar-refractivity contribution in [3.8, 4) is 0 Å². The van der Waals surface area contributed by atoms with Crippen LogP contribution in [0.5, 0.6) is 0 Å². The molecule has 0 aliphatic rings. The second kappa shape index (κ2) is 6.34. The average molecular weight is 494 g/mol. The van der Waals surface area contributed by atoms with Crippen LogP contribution in [0.1, 0.15) is 25.7 Å². The molecule has 0 spiro atoms. The van der Waals surface area contributed by atoms with E-state index >= 15 is 0 Å². The number of Topliss-reactive ketones (excluding diaryl/α,β-unsaturated/α-hetero) is 1. The number of hydrogen-bond acceptors (Lipinski definition) is 3. The summed E-state index contributed by atoms with van der Waals surface area (Å²) >= 11 is 24.7. The van der Waals surface area contributed by atoms with Crippen molar-refractivity contribution >= 4 is 89.6 Å². The number of hydrogen-bond donors (Lipinski definition) is 0. The highest BCUT2D eigenvalue weighted by molar-refractivity contribution is 9.13. The van der Waals surface area contributed by atoms with Crippen LogP contribution >= 0.6 is 78.0 Å². The van der Waals surface area contributed by atoms with Gasteiger partial charge in [0.25, 0.3) is 3.79 Å². The van der Waals surface area contributed by atoms with Gasteiger partial charge in [0.15, 0.2) is 0 Å². The molecule has 0 aliphatic carbocycles. The van der Waals surface area contributed by atoms with E-state index < -0.39 is 9.58 Å². The highest BCUT2D eigenvalue weighted by atomic mass is 79.9. The molecule has 0 radical (unpaired) electrons. The van der Waals surface area contributed by atoms with Gasteiger partial charge in [-0.25, -0.2) is 0 Å². The van der Waals surface area contributed by atoms with Crippen molar-refractivity contribution in [1.82, 2.24) is 4.57 Å². The van der Waals surface area contributed by atoms with E-state index in [4.69, 9.17) is 34.8 Å². The molecule has 2 heterocycles. The number of carbonyl (C=O) groups excluding carboxylic acids is 2. The van der Waals surface area contributed by atoms with Crippen molar-refractivity contribution in [2.45, 2.75) is 3.79 Å². The minimum atomic E-state index is -2.05. The van der Waals surface area contributed by atoms with Gasteiger partial charge in [-0.15, -0.1) is 11.3 Å². The molecule has 0 amide bonds.